The van der Waals surface area contributed by atoms with Gasteiger partial charge in [-0.3, -0.25) is 10.6 Å². The molecular formula is C17H26N2O4S2. The van der Waals surface area contributed by atoms with Gasteiger partial charge in [0.1, 0.15) is 12.3 Å². The van der Waals surface area contributed by atoms with Crippen molar-refractivity contribution in [1.82, 2.24) is 10.6 Å². The largest absolute Gasteiger partial charge is 0.376 e. The Kier molecular flexibility index (Phi) is 6.40. The van der Waals surface area contributed by atoms with Crippen LogP contribution in [0.5, 0.6) is 0 Å². The predicted octanol–water partition coefficient (Wildman–Crippen LogP) is 1.53. The second-order valence-corrected chi connectivity index (χ2v) is 9.94. The Hall–Kier alpha value is -0.640. The molecule has 2 aliphatic rings. The van der Waals surface area contributed by atoms with Crippen LogP contribution in [-0.2, 0) is 19.3 Å². The molecule has 2 saturated heterocycles. The fourth-order valence-electron chi connectivity index (χ4n) is 3.14. The molecule has 4 atom stereocenters. The fraction of sp³-hybridized carbons (Fsp3) is 0.647. The van der Waals surface area contributed by atoms with Gasteiger partial charge in [0.15, 0.2) is 9.84 Å². The van der Waals surface area contributed by atoms with Crippen LogP contribution in [0.2, 0.25) is 0 Å². The van der Waals surface area contributed by atoms with Crippen molar-refractivity contribution in [1.29, 1.82) is 0 Å². The Morgan fingerprint density at radius 1 is 1.28 bits per heavy atom. The van der Waals surface area contributed by atoms with Gasteiger partial charge in [-0.05, 0) is 36.3 Å². The molecule has 2 aliphatic heterocycles. The number of hydrogen-bond donors (Lipinski definition) is 2. The van der Waals surface area contributed by atoms with Crippen LogP contribution in [0, 0.1) is 0 Å². The lowest BCUT2D eigenvalue weighted by Gasteiger charge is -2.38. The van der Waals surface area contributed by atoms with Gasteiger partial charge in [0.2, 0.25) is 0 Å². The van der Waals surface area contributed by atoms with Crippen LogP contribution < -0.4 is 10.6 Å². The van der Waals surface area contributed by atoms with Crippen LogP contribution in [0.15, 0.2) is 29.2 Å². The Bertz CT molecular complexity index is 660. The quantitative estimate of drug-likeness (QED) is 0.768. The zero-order valence-corrected chi connectivity index (χ0v) is 16.2. The molecule has 1 aromatic carbocycles. The van der Waals surface area contributed by atoms with E-state index < -0.39 is 9.84 Å². The van der Waals surface area contributed by atoms with E-state index in [-0.39, 0.29) is 18.5 Å². The first-order valence-corrected chi connectivity index (χ1v) is 11.5. The highest BCUT2D eigenvalue weighted by Crippen LogP contribution is 2.27. The van der Waals surface area contributed by atoms with E-state index in [1.54, 1.807) is 19.2 Å². The summed E-state index contributed by atoms with van der Waals surface area (Å²) in [7, 11) is -1.49. The molecule has 0 spiro atoms. The van der Waals surface area contributed by atoms with Crippen LogP contribution in [0.1, 0.15) is 24.6 Å². The molecule has 0 bridgehead atoms. The van der Waals surface area contributed by atoms with Gasteiger partial charge in [0, 0.05) is 25.2 Å². The summed E-state index contributed by atoms with van der Waals surface area (Å²) in [6.45, 7) is 1.40. The first-order valence-electron chi connectivity index (χ1n) is 8.53. The van der Waals surface area contributed by atoms with E-state index in [9.17, 15) is 8.42 Å². The molecular weight excluding hydrogens is 360 g/mol. The van der Waals surface area contributed by atoms with Crippen molar-refractivity contribution in [2.75, 3.05) is 32.3 Å². The molecule has 0 amide bonds. The number of rotatable bonds is 6. The van der Waals surface area contributed by atoms with Gasteiger partial charge in [0.05, 0.1) is 17.7 Å². The SMILES string of the molecule is COC1CNC(c2ccc(S(C)(=O)=O)cc2)NC1OCC1CCCS1. The summed E-state index contributed by atoms with van der Waals surface area (Å²) >= 11 is 1.97. The minimum absolute atomic E-state index is 0.0575. The molecule has 6 nitrogen and oxygen atoms in total. The van der Waals surface area contributed by atoms with Crippen molar-refractivity contribution in [3.63, 3.8) is 0 Å². The maximum Gasteiger partial charge on any atom is 0.175 e. The van der Waals surface area contributed by atoms with Gasteiger partial charge in [-0.25, -0.2) is 8.42 Å². The molecule has 25 heavy (non-hydrogen) atoms. The second-order valence-electron chi connectivity index (χ2n) is 6.51. The van der Waals surface area contributed by atoms with Crippen LogP contribution in [0.3, 0.4) is 0 Å². The van der Waals surface area contributed by atoms with Crippen molar-refractivity contribution >= 4 is 21.6 Å². The lowest BCUT2D eigenvalue weighted by atomic mass is 10.1. The molecule has 0 radical (unpaired) electrons. The Labute approximate surface area is 154 Å². The summed E-state index contributed by atoms with van der Waals surface area (Å²) in [6.07, 6.45) is 3.35. The number of thioether (sulfide) groups is 1. The summed E-state index contributed by atoms with van der Waals surface area (Å²) < 4.78 is 34.8. The highest BCUT2D eigenvalue weighted by Gasteiger charge is 2.32. The van der Waals surface area contributed by atoms with Crippen LogP contribution in [0.25, 0.3) is 0 Å². The molecule has 3 rings (SSSR count). The molecule has 4 unspecified atom stereocenters. The van der Waals surface area contributed by atoms with Gasteiger partial charge in [-0.1, -0.05) is 12.1 Å². The summed E-state index contributed by atoms with van der Waals surface area (Å²) in [4.78, 5) is 0.327. The maximum absolute atomic E-state index is 11.6. The molecule has 140 valence electrons. The standard InChI is InChI=1S/C17H26N2O4S2/c1-22-15-10-18-16(12-5-7-14(8-6-12)25(2,20)21)19-17(15)23-11-13-4-3-9-24-13/h5-8,13,15-19H,3-4,9-11H2,1-2H3. The average molecular weight is 387 g/mol. The zero-order valence-electron chi connectivity index (χ0n) is 14.6. The van der Waals surface area contributed by atoms with Gasteiger partial charge < -0.3 is 9.47 Å². The highest BCUT2D eigenvalue weighted by atomic mass is 32.2. The summed E-state index contributed by atoms with van der Waals surface area (Å²) in [6, 6.07) is 6.94. The van der Waals surface area contributed by atoms with E-state index in [4.69, 9.17) is 9.47 Å². The Morgan fingerprint density at radius 3 is 2.64 bits per heavy atom. The molecule has 2 fully saturated rings. The topological polar surface area (TPSA) is 76.7 Å². The van der Waals surface area contributed by atoms with Crippen molar-refractivity contribution in [3.05, 3.63) is 29.8 Å². The monoisotopic (exact) mass is 386 g/mol. The van der Waals surface area contributed by atoms with E-state index in [1.807, 2.05) is 23.9 Å². The van der Waals surface area contributed by atoms with Gasteiger partial charge in [0.25, 0.3) is 0 Å². The number of sulfone groups is 1. The Balaban J connectivity index is 1.64. The number of nitrogens with one attached hydrogen (secondary N) is 2. The van der Waals surface area contributed by atoms with E-state index in [1.165, 1.54) is 24.9 Å². The summed E-state index contributed by atoms with van der Waals surface area (Å²) in [5.74, 6) is 1.22. The molecule has 0 aliphatic carbocycles. The Morgan fingerprint density at radius 2 is 2.04 bits per heavy atom. The zero-order chi connectivity index (χ0) is 17.9. The third kappa shape index (κ3) is 4.96. The third-order valence-corrected chi connectivity index (χ3v) is 7.12. The van der Waals surface area contributed by atoms with E-state index in [0.29, 0.717) is 16.7 Å². The van der Waals surface area contributed by atoms with Gasteiger partial charge >= 0.3 is 0 Å². The summed E-state index contributed by atoms with van der Waals surface area (Å²) in [5.41, 5.74) is 0.978. The van der Waals surface area contributed by atoms with E-state index in [2.05, 4.69) is 10.6 Å². The highest BCUT2D eigenvalue weighted by molar-refractivity contribution is 8.00. The molecule has 8 heteroatoms. The number of methoxy groups -OCH3 is 1. The van der Waals surface area contributed by atoms with Crippen molar-refractivity contribution in [2.45, 2.75) is 41.5 Å². The molecule has 0 saturated carbocycles. The predicted molar refractivity (Wildman–Crippen MR) is 99.4 cm³/mol. The van der Waals surface area contributed by atoms with Crippen LogP contribution in [0.4, 0.5) is 0 Å². The van der Waals surface area contributed by atoms with Crippen LogP contribution in [-0.4, -0.2) is 58.3 Å². The smallest absolute Gasteiger partial charge is 0.175 e. The molecule has 2 N–H and O–H groups in total. The van der Waals surface area contributed by atoms with Crippen LogP contribution >= 0.6 is 11.8 Å². The minimum Gasteiger partial charge on any atom is -0.376 e. The number of hydrogen-bond acceptors (Lipinski definition) is 7. The average Bonchev–Trinajstić information content (AvgIpc) is 3.12. The van der Waals surface area contributed by atoms with Gasteiger partial charge in [-0.2, -0.15) is 11.8 Å². The fourth-order valence-corrected chi connectivity index (χ4v) is 4.95. The first kappa shape index (κ1) is 19.1. The molecule has 1 aromatic rings. The lowest BCUT2D eigenvalue weighted by molar-refractivity contribution is -0.0958. The van der Waals surface area contributed by atoms with Crippen molar-refractivity contribution < 1.29 is 17.9 Å². The van der Waals surface area contributed by atoms with E-state index in [0.717, 1.165) is 12.2 Å². The maximum atomic E-state index is 11.6. The normalized spacial score (nSPS) is 30.5. The van der Waals surface area contributed by atoms with Crippen molar-refractivity contribution in [3.8, 4) is 0 Å². The van der Waals surface area contributed by atoms with E-state index >= 15 is 0 Å². The number of ether oxygens (including phenoxy) is 2. The summed E-state index contributed by atoms with van der Waals surface area (Å²) in [5, 5.41) is 7.39. The minimum atomic E-state index is -3.18. The third-order valence-electron chi connectivity index (χ3n) is 4.62. The molecule has 2 heterocycles. The molecule has 0 aromatic heterocycles. The second kappa shape index (κ2) is 8.37. The lowest BCUT2D eigenvalue weighted by Crippen LogP contribution is -2.58. The van der Waals surface area contributed by atoms with Crippen molar-refractivity contribution in [2.24, 2.45) is 0 Å². The number of benzene rings is 1. The first-order chi connectivity index (χ1) is 12.0. The van der Waals surface area contributed by atoms with Gasteiger partial charge in [-0.15, -0.1) is 0 Å².